The van der Waals surface area contributed by atoms with Gasteiger partial charge in [0.2, 0.25) is 0 Å². The van der Waals surface area contributed by atoms with Crippen LogP contribution < -0.4 is 0 Å². The van der Waals surface area contributed by atoms with E-state index >= 15 is 0 Å². The Hall–Kier alpha value is -1.38. The quantitative estimate of drug-likeness (QED) is 0.460. The number of thiocarbonyl (C=S) groups is 1. The lowest BCUT2D eigenvalue weighted by molar-refractivity contribution is 0.430. The number of benzene rings is 2. The molecule has 1 nitrogen and oxygen atoms in total. The van der Waals surface area contributed by atoms with Gasteiger partial charge < -0.3 is 4.90 Å². The van der Waals surface area contributed by atoms with Gasteiger partial charge in [-0.2, -0.15) is 0 Å². The first-order valence-electron chi connectivity index (χ1n) is 6.28. The smallest absolute Gasteiger partial charge is 0.170 e. The Bertz CT molecular complexity index is 513. The SMILES string of the molecule is S=C(Cl)N(CCc1ccccc1)Cc1ccccc1. The van der Waals surface area contributed by atoms with Crippen LogP contribution in [0, 0.1) is 0 Å². The average Bonchev–Trinajstić information content (AvgIpc) is 2.45. The third kappa shape index (κ3) is 4.66. The molecule has 0 fully saturated rings. The van der Waals surface area contributed by atoms with Gasteiger partial charge in [-0.1, -0.05) is 72.3 Å². The third-order valence-electron chi connectivity index (χ3n) is 2.98. The molecule has 0 amide bonds. The summed E-state index contributed by atoms with van der Waals surface area (Å²) in [5, 5.41) is 0. The molecule has 2 aromatic carbocycles. The zero-order chi connectivity index (χ0) is 13.5. The fourth-order valence-corrected chi connectivity index (χ4v) is 2.24. The van der Waals surface area contributed by atoms with E-state index in [0.29, 0.717) is 4.45 Å². The van der Waals surface area contributed by atoms with Crippen LogP contribution in [0.15, 0.2) is 60.7 Å². The van der Waals surface area contributed by atoms with Crippen molar-refractivity contribution in [1.29, 1.82) is 0 Å². The van der Waals surface area contributed by atoms with Crippen molar-refractivity contribution in [3.05, 3.63) is 71.8 Å². The molecule has 0 saturated carbocycles. The van der Waals surface area contributed by atoms with E-state index in [2.05, 4.69) is 36.4 Å². The highest BCUT2D eigenvalue weighted by Crippen LogP contribution is 2.09. The summed E-state index contributed by atoms with van der Waals surface area (Å²) in [7, 11) is 0. The summed E-state index contributed by atoms with van der Waals surface area (Å²) < 4.78 is 0.430. The van der Waals surface area contributed by atoms with Crippen molar-refractivity contribution in [1.82, 2.24) is 4.90 Å². The van der Waals surface area contributed by atoms with E-state index in [1.54, 1.807) is 0 Å². The standard InChI is InChI=1S/C16H16ClNS/c17-16(19)18(13-15-9-5-2-6-10-15)12-11-14-7-3-1-4-8-14/h1-10H,11-13H2. The molecule has 0 saturated heterocycles. The van der Waals surface area contributed by atoms with Crippen LogP contribution in [0.1, 0.15) is 11.1 Å². The topological polar surface area (TPSA) is 3.24 Å². The van der Waals surface area contributed by atoms with Gasteiger partial charge in [0.15, 0.2) is 4.45 Å². The van der Waals surface area contributed by atoms with Crippen LogP contribution in [0.4, 0.5) is 0 Å². The van der Waals surface area contributed by atoms with Crippen LogP contribution in [-0.2, 0) is 13.0 Å². The van der Waals surface area contributed by atoms with Gasteiger partial charge in [-0.15, -0.1) is 0 Å². The molecule has 0 aromatic heterocycles. The normalized spacial score (nSPS) is 10.2. The monoisotopic (exact) mass is 289 g/mol. The number of hydrogen-bond donors (Lipinski definition) is 0. The number of nitrogens with zero attached hydrogens (tertiary/aromatic N) is 1. The van der Waals surface area contributed by atoms with Crippen molar-refractivity contribution in [2.45, 2.75) is 13.0 Å². The van der Waals surface area contributed by atoms with Crippen molar-refractivity contribution < 1.29 is 0 Å². The van der Waals surface area contributed by atoms with E-state index in [0.717, 1.165) is 19.5 Å². The molecular formula is C16H16ClNS. The fraction of sp³-hybridized carbons (Fsp3) is 0.188. The van der Waals surface area contributed by atoms with Gasteiger partial charge in [-0.25, -0.2) is 0 Å². The van der Waals surface area contributed by atoms with Gasteiger partial charge in [0.25, 0.3) is 0 Å². The fourth-order valence-electron chi connectivity index (χ4n) is 1.94. The zero-order valence-corrected chi connectivity index (χ0v) is 12.2. The van der Waals surface area contributed by atoms with Gasteiger partial charge in [-0.3, -0.25) is 0 Å². The molecule has 2 aromatic rings. The van der Waals surface area contributed by atoms with Crippen LogP contribution in [0.2, 0.25) is 0 Å². The van der Waals surface area contributed by atoms with E-state index in [1.807, 2.05) is 29.2 Å². The number of hydrogen-bond acceptors (Lipinski definition) is 1. The van der Waals surface area contributed by atoms with E-state index in [4.69, 9.17) is 23.8 Å². The Kier molecular flexibility index (Phi) is 5.37. The third-order valence-corrected chi connectivity index (χ3v) is 3.48. The maximum Gasteiger partial charge on any atom is 0.170 e. The maximum atomic E-state index is 6.02. The lowest BCUT2D eigenvalue weighted by Crippen LogP contribution is -2.27. The van der Waals surface area contributed by atoms with Crippen molar-refractivity contribution in [3.63, 3.8) is 0 Å². The largest absolute Gasteiger partial charge is 0.349 e. The molecule has 0 unspecified atom stereocenters. The van der Waals surface area contributed by atoms with Crippen molar-refractivity contribution in [3.8, 4) is 0 Å². The molecule has 3 heteroatoms. The van der Waals surface area contributed by atoms with Gasteiger partial charge in [0.05, 0.1) is 0 Å². The van der Waals surface area contributed by atoms with Gasteiger partial charge >= 0.3 is 0 Å². The maximum absolute atomic E-state index is 6.02. The summed E-state index contributed by atoms with van der Waals surface area (Å²) in [6, 6.07) is 20.6. The summed E-state index contributed by atoms with van der Waals surface area (Å²) in [4.78, 5) is 2.03. The predicted octanol–water partition coefficient (Wildman–Crippen LogP) is 4.26. The Balaban J connectivity index is 1.95. The lowest BCUT2D eigenvalue weighted by Gasteiger charge is -2.22. The first-order valence-corrected chi connectivity index (χ1v) is 7.06. The second-order valence-corrected chi connectivity index (χ2v) is 5.36. The molecule has 0 atom stereocenters. The van der Waals surface area contributed by atoms with Crippen LogP contribution in [0.25, 0.3) is 0 Å². The van der Waals surface area contributed by atoms with Crippen LogP contribution in [-0.4, -0.2) is 15.9 Å². The van der Waals surface area contributed by atoms with Crippen LogP contribution in [0.3, 0.4) is 0 Å². The molecule has 19 heavy (non-hydrogen) atoms. The van der Waals surface area contributed by atoms with E-state index < -0.39 is 0 Å². The van der Waals surface area contributed by atoms with Gasteiger partial charge in [-0.05, 0) is 29.8 Å². The molecule has 2 rings (SSSR count). The van der Waals surface area contributed by atoms with Crippen LogP contribution >= 0.6 is 23.8 Å². The average molecular weight is 290 g/mol. The number of halogens is 1. The second kappa shape index (κ2) is 7.27. The molecule has 0 radical (unpaired) electrons. The molecule has 0 N–H and O–H groups in total. The Labute approximate surface area is 124 Å². The highest BCUT2D eigenvalue weighted by Gasteiger charge is 2.08. The van der Waals surface area contributed by atoms with Crippen molar-refractivity contribution in [2.75, 3.05) is 6.54 Å². The highest BCUT2D eigenvalue weighted by atomic mass is 35.5. The molecule has 0 aliphatic rings. The summed E-state index contributed by atoms with van der Waals surface area (Å²) in [5.74, 6) is 0. The van der Waals surface area contributed by atoms with E-state index in [9.17, 15) is 0 Å². The Morgan fingerprint density at radius 1 is 0.895 bits per heavy atom. The highest BCUT2D eigenvalue weighted by molar-refractivity contribution is 7.83. The minimum atomic E-state index is 0.430. The summed E-state index contributed by atoms with van der Waals surface area (Å²) >= 11 is 11.1. The zero-order valence-electron chi connectivity index (χ0n) is 10.6. The van der Waals surface area contributed by atoms with E-state index in [-0.39, 0.29) is 0 Å². The molecule has 0 bridgehead atoms. The predicted molar refractivity (Wildman–Crippen MR) is 85.4 cm³/mol. The molecule has 0 aliphatic carbocycles. The minimum absolute atomic E-state index is 0.430. The summed E-state index contributed by atoms with van der Waals surface area (Å²) in [6.07, 6.45) is 0.945. The second-order valence-electron chi connectivity index (χ2n) is 4.40. The molecule has 0 heterocycles. The Morgan fingerprint density at radius 2 is 1.42 bits per heavy atom. The van der Waals surface area contributed by atoms with Crippen molar-refractivity contribution in [2.24, 2.45) is 0 Å². The van der Waals surface area contributed by atoms with E-state index in [1.165, 1.54) is 11.1 Å². The molecule has 98 valence electrons. The minimum Gasteiger partial charge on any atom is -0.349 e. The molecular weight excluding hydrogens is 274 g/mol. The molecule has 0 aliphatic heterocycles. The molecule has 0 spiro atoms. The van der Waals surface area contributed by atoms with Gasteiger partial charge in [0.1, 0.15) is 0 Å². The van der Waals surface area contributed by atoms with Crippen LogP contribution in [0.5, 0.6) is 0 Å². The number of rotatable bonds is 5. The summed E-state index contributed by atoms with van der Waals surface area (Å²) in [6.45, 7) is 1.59. The van der Waals surface area contributed by atoms with Gasteiger partial charge in [0, 0.05) is 13.1 Å². The first-order chi connectivity index (χ1) is 9.25. The summed E-state index contributed by atoms with van der Waals surface area (Å²) in [5.41, 5.74) is 2.52. The first kappa shape index (κ1) is 14.0. The lowest BCUT2D eigenvalue weighted by atomic mass is 10.1. The van der Waals surface area contributed by atoms with Crippen molar-refractivity contribution >= 4 is 28.3 Å². The Morgan fingerprint density at radius 3 is 1.95 bits per heavy atom.